The monoisotopic (exact) mass is 390 g/mol. The molecule has 0 saturated heterocycles. The number of nitrogens with zero attached hydrogens (tertiary/aromatic N) is 1. The molecule has 1 amide bonds. The third-order valence-corrected chi connectivity index (χ3v) is 5.39. The average molecular weight is 391 g/mol. The van der Waals surface area contributed by atoms with Gasteiger partial charge in [-0.1, -0.05) is 36.8 Å². The normalized spacial score (nSPS) is 12.3. The molecule has 0 aromatic heterocycles. The summed E-state index contributed by atoms with van der Waals surface area (Å²) in [6.45, 7) is 4.12. The summed E-state index contributed by atoms with van der Waals surface area (Å²) in [5, 5.41) is 2.85. The van der Waals surface area contributed by atoms with Crippen LogP contribution in [0.1, 0.15) is 24.5 Å². The lowest BCUT2D eigenvalue weighted by Gasteiger charge is -2.30. The minimum atomic E-state index is -3.65. The van der Waals surface area contributed by atoms with Gasteiger partial charge in [0, 0.05) is 6.54 Å². The Bertz CT molecular complexity index is 879. The van der Waals surface area contributed by atoms with Crippen molar-refractivity contribution < 1.29 is 17.9 Å². The second-order valence-electron chi connectivity index (χ2n) is 6.39. The molecule has 2 rings (SSSR count). The van der Waals surface area contributed by atoms with Crippen LogP contribution in [0.15, 0.2) is 48.5 Å². The fraction of sp³-hybridized carbons (Fsp3) is 0.350. The van der Waals surface area contributed by atoms with E-state index in [0.717, 1.165) is 21.7 Å². The zero-order valence-electron chi connectivity index (χ0n) is 16.1. The van der Waals surface area contributed by atoms with Crippen molar-refractivity contribution in [3.8, 4) is 5.75 Å². The van der Waals surface area contributed by atoms with Crippen molar-refractivity contribution in [2.75, 3.05) is 17.7 Å². The van der Waals surface area contributed by atoms with Crippen LogP contribution < -0.4 is 14.4 Å². The number of carbonyl (C=O) groups is 1. The number of anilines is 1. The standard InChI is InChI=1S/C20H26N2O4S/c1-5-19(20(23)21-14-16-8-6-7-15(2)13-16)22(27(4,24)25)17-9-11-18(26-3)12-10-17/h6-13,19H,5,14H2,1-4H3,(H,21,23)/t19-/m1/s1. The van der Waals surface area contributed by atoms with E-state index < -0.39 is 16.1 Å². The number of carbonyl (C=O) groups excluding carboxylic acids is 1. The van der Waals surface area contributed by atoms with Crippen LogP contribution in [0.2, 0.25) is 0 Å². The second kappa shape index (κ2) is 8.90. The van der Waals surface area contributed by atoms with Crippen molar-refractivity contribution in [2.24, 2.45) is 0 Å². The number of hydrogen-bond acceptors (Lipinski definition) is 4. The quantitative estimate of drug-likeness (QED) is 0.752. The van der Waals surface area contributed by atoms with Gasteiger partial charge in [-0.15, -0.1) is 0 Å². The molecular weight excluding hydrogens is 364 g/mol. The molecule has 0 spiro atoms. The highest BCUT2D eigenvalue weighted by Gasteiger charge is 2.31. The number of nitrogens with one attached hydrogen (secondary N) is 1. The van der Waals surface area contributed by atoms with Crippen LogP contribution in [-0.2, 0) is 21.4 Å². The number of ether oxygens (including phenoxy) is 1. The minimum Gasteiger partial charge on any atom is -0.497 e. The van der Waals surface area contributed by atoms with E-state index in [1.165, 1.54) is 7.11 Å². The summed E-state index contributed by atoms with van der Waals surface area (Å²) in [5.74, 6) is 0.282. The molecule has 0 fully saturated rings. The predicted molar refractivity (Wildman–Crippen MR) is 107 cm³/mol. The fourth-order valence-electron chi connectivity index (χ4n) is 2.92. The van der Waals surface area contributed by atoms with Crippen LogP contribution in [0.4, 0.5) is 5.69 Å². The number of sulfonamides is 1. The molecule has 2 aromatic rings. The number of amides is 1. The van der Waals surface area contributed by atoms with Crippen LogP contribution in [0.25, 0.3) is 0 Å². The summed E-state index contributed by atoms with van der Waals surface area (Å²) in [6.07, 6.45) is 1.45. The van der Waals surface area contributed by atoms with E-state index >= 15 is 0 Å². The first-order valence-corrected chi connectivity index (χ1v) is 10.6. The molecule has 0 aliphatic carbocycles. The molecule has 6 nitrogen and oxygen atoms in total. The summed E-state index contributed by atoms with van der Waals surface area (Å²) >= 11 is 0. The number of hydrogen-bond donors (Lipinski definition) is 1. The second-order valence-corrected chi connectivity index (χ2v) is 8.25. The van der Waals surface area contributed by atoms with E-state index in [1.54, 1.807) is 31.2 Å². The Balaban J connectivity index is 2.24. The first-order chi connectivity index (χ1) is 12.8. The molecule has 27 heavy (non-hydrogen) atoms. The average Bonchev–Trinajstić information content (AvgIpc) is 2.63. The lowest BCUT2D eigenvalue weighted by molar-refractivity contribution is -0.122. The molecule has 0 bridgehead atoms. The van der Waals surface area contributed by atoms with E-state index in [-0.39, 0.29) is 5.91 Å². The maximum atomic E-state index is 12.8. The van der Waals surface area contributed by atoms with Gasteiger partial charge in [-0.25, -0.2) is 8.42 Å². The van der Waals surface area contributed by atoms with Crippen molar-refractivity contribution in [2.45, 2.75) is 32.9 Å². The lowest BCUT2D eigenvalue weighted by atomic mass is 10.1. The zero-order valence-corrected chi connectivity index (χ0v) is 16.9. The van der Waals surface area contributed by atoms with Crippen LogP contribution in [0.3, 0.4) is 0 Å². The lowest BCUT2D eigenvalue weighted by Crippen LogP contribution is -2.49. The Labute approximate surface area is 161 Å². The third-order valence-electron chi connectivity index (χ3n) is 4.21. The summed E-state index contributed by atoms with van der Waals surface area (Å²) < 4.78 is 31.1. The van der Waals surface area contributed by atoms with E-state index in [0.29, 0.717) is 24.4 Å². The topological polar surface area (TPSA) is 75.7 Å². The van der Waals surface area contributed by atoms with Gasteiger partial charge in [0.1, 0.15) is 11.8 Å². The van der Waals surface area contributed by atoms with Gasteiger partial charge in [-0.05, 0) is 43.2 Å². The smallest absolute Gasteiger partial charge is 0.244 e. The first-order valence-electron chi connectivity index (χ1n) is 8.73. The zero-order chi connectivity index (χ0) is 20.0. The molecule has 2 aromatic carbocycles. The summed E-state index contributed by atoms with van der Waals surface area (Å²) in [7, 11) is -2.11. The number of aryl methyl sites for hydroxylation is 1. The van der Waals surface area contributed by atoms with Gasteiger partial charge in [-0.2, -0.15) is 0 Å². The number of benzene rings is 2. The fourth-order valence-corrected chi connectivity index (χ4v) is 4.13. The SMILES string of the molecule is CC[C@H](C(=O)NCc1cccc(C)c1)N(c1ccc(OC)cc1)S(C)(=O)=O. The molecule has 0 heterocycles. The van der Waals surface area contributed by atoms with E-state index in [4.69, 9.17) is 4.74 Å². The van der Waals surface area contributed by atoms with E-state index in [9.17, 15) is 13.2 Å². The van der Waals surface area contributed by atoms with Gasteiger partial charge in [0.25, 0.3) is 0 Å². The Morgan fingerprint density at radius 3 is 2.37 bits per heavy atom. The molecule has 1 N–H and O–H groups in total. The number of methoxy groups -OCH3 is 1. The van der Waals surface area contributed by atoms with Crippen molar-refractivity contribution in [1.29, 1.82) is 0 Å². The van der Waals surface area contributed by atoms with Crippen LogP contribution in [0.5, 0.6) is 5.75 Å². The molecule has 0 unspecified atom stereocenters. The molecule has 0 aliphatic rings. The predicted octanol–water partition coefficient (Wildman–Crippen LogP) is 2.86. The van der Waals surface area contributed by atoms with Crippen LogP contribution in [-0.4, -0.2) is 33.7 Å². The van der Waals surface area contributed by atoms with Crippen LogP contribution >= 0.6 is 0 Å². The first kappa shape index (κ1) is 20.8. The third kappa shape index (κ3) is 5.47. The molecule has 1 atom stereocenters. The molecular formula is C20H26N2O4S. The van der Waals surface area contributed by atoms with Crippen molar-refractivity contribution >= 4 is 21.6 Å². The highest BCUT2D eigenvalue weighted by Crippen LogP contribution is 2.25. The molecule has 146 valence electrons. The van der Waals surface area contributed by atoms with Gasteiger partial charge in [0.05, 0.1) is 19.1 Å². The maximum Gasteiger partial charge on any atom is 0.244 e. The molecule has 7 heteroatoms. The van der Waals surface area contributed by atoms with Crippen molar-refractivity contribution in [3.05, 3.63) is 59.7 Å². The minimum absolute atomic E-state index is 0.333. The summed E-state index contributed by atoms with van der Waals surface area (Å²) in [5.41, 5.74) is 2.49. The highest BCUT2D eigenvalue weighted by molar-refractivity contribution is 7.92. The Kier molecular flexibility index (Phi) is 6.85. The number of rotatable bonds is 8. The summed E-state index contributed by atoms with van der Waals surface area (Å²) in [6, 6.07) is 13.6. The maximum absolute atomic E-state index is 12.8. The van der Waals surface area contributed by atoms with Gasteiger partial charge in [0.15, 0.2) is 0 Å². The Hall–Kier alpha value is -2.54. The summed E-state index contributed by atoms with van der Waals surface area (Å²) in [4.78, 5) is 12.8. The van der Waals surface area contributed by atoms with Crippen molar-refractivity contribution in [3.63, 3.8) is 0 Å². The van der Waals surface area contributed by atoms with Crippen molar-refractivity contribution in [1.82, 2.24) is 5.32 Å². The molecule has 0 radical (unpaired) electrons. The Morgan fingerprint density at radius 1 is 1.19 bits per heavy atom. The van der Waals surface area contributed by atoms with E-state index in [2.05, 4.69) is 5.32 Å². The van der Waals surface area contributed by atoms with Gasteiger partial charge in [0.2, 0.25) is 15.9 Å². The Morgan fingerprint density at radius 2 is 1.85 bits per heavy atom. The van der Waals surface area contributed by atoms with E-state index in [1.807, 2.05) is 31.2 Å². The molecule has 0 saturated carbocycles. The largest absolute Gasteiger partial charge is 0.497 e. The van der Waals surface area contributed by atoms with Gasteiger partial charge < -0.3 is 10.1 Å². The van der Waals surface area contributed by atoms with Gasteiger partial charge in [-0.3, -0.25) is 9.10 Å². The molecule has 0 aliphatic heterocycles. The highest BCUT2D eigenvalue weighted by atomic mass is 32.2. The van der Waals surface area contributed by atoms with Crippen LogP contribution in [0, 0.1) is 6.92 Å². The van der Waals surface area contributed by atoms with Gasteiger partial charge >= 0.3 is 0 Å².